The number of aryl methyl sites for hydroxylation is 2. The Morgan fingerprint density at radius 1 is 1.24 bits per heavy atom. The fourth-order valence-corrected chi connectivity index (χ4v) is 1.95. The number of alkyl halides is 3. The molecule has 112 valence electrons. The van der Waals surface area contributed by atoms with Crippen molar-refractivity contribution in [2.45, 2.75) is 20.0 Å². The molecule has 0 aliphatic carbocycles. The first-order chi connectivity index (χ1) is 9.76. The van der Waals surface area contributed by atoms with Crippen LogP contribution in [0.5, 0.6) is 0 Å². The van der Waals surface area contributed by atoms with Gasteiger partial charge in [-0.3, -0.25) is 4.79 Å². The van der Waals surface area contributed by atoms with Gasteiger partial charge >= 0.3 is 6.18 Å². The van der Waals surface area contributed by atoms with E-state index in [2.05, 4.69) is 9.97 Å². The molecule has 1 amide bonds. The highest BCUT2D eigenvalue weighted by molar-refractivity contribution is 5.94. The predicted molar refractivity (Wildman–Crippen MR) is 71.9 cm³/mol. The van der Waals surface area contributed by atoms with Gasteiger partial charge in [-0.15, -0.1) is 0 Å². The first-order valence-electron chi connectivity index (χ1n) is 6.25. The van der Waals surface area contributed by atoms with Gasteiger partial charge in [0.15, 0.2) is 0 Å². The van der Waals surface area contributed by atoms with Gasteiger partial charge in [-0.1, -0.05) is 12.1 Å². The molecular formula is C14H14F3N3O. The molecule has 0 saturated carbocycles. The van der Waals surface area contributed by atoms with Crippen molar-refractivity contribution < 1.29 is 18.0 Å². The van der Waals surface area contributed by atoms with Crippen LogP contribution >= 0.6 is 0 Å². The molecule has 0 aliphatic rings. The fourth-order valence-electron chi connectivity index (χ4n) is 1.95. The number of H-pyrrole nitrogens is 1. The molecule has 0 bridgehead atoms. The summed E-state index contributed by atoms with van der Waals surface area (Å²) in [7, 11) is 0. The summed E-state index contributed by atoms with van der Waals surface area (Å²) in [6, 6.07) is 6.27. The van der Waals surface area contributed by atoms with Crippen LogP contribution < -0.4 is 5.32 Å². The quantitative estimate of drug-likeness (QED) is 0.915. The maximum atomic E-state index is 12.0. The predicted octanol–water partition coefficient (Wildman–Crippen LogP) is 2.99. The van der Waals surface area contributed by atoms with E-state index in [9.17, 15) is 18.0 Å². The van der Waals surface area contributed by atoms with E-state index in [1.165, 1.54) is 12.1 Å². The molecule has 0 saturated heterocycles. The number of rotatable bonds is 3. The second-order valence-corrected chi connectivity index (χ2v) is 4.67. The number of hydrogen-bond acceptors (Lipinski definition) is 2. The molecule has 0 fully saturated rings. The monoisotopic (exact) mass is 297 g/mol. The molecule has 0 atom stereocenters. The Hall–Kier alpha value is -2.31. The van der Waals surface area contributed by atoms with Crippen LogP contribution in [-0.4, -0.2) is 28.6 Å². The van der Waals surface area contributed by atoms with Gasteiger partial charge in [-0.2, -0.15) is 13.2 Å². The molecular weight excluding hydrogens is 283 g/mol. The third-order valence-electron chi connectivity index (χ3n) is 2.87. The minimum Gasteiger partial charge on any atom is -0.346 e. The number of amides is 1. The van der Waals surface area contributed by atoms with Crippen molar-refractivity contribution in [3.8, 4) is 11.3 Å². The van der Waals surface area contributed by atoms with Crippen molar-refractivity contribution in [1.29, 1.82) is 0 Å². The van der Waals surface area contributed by atoms with Crippen LogP contribution in [0.1, 0.15) is 21.9 Å². The van der Waals surface area contributed by atoms with Crippen LogP contribution in [0.4, 0.5) is 13.2 Å². The highest BCUT2D eigenvalue weighted by Gasteiger charge is 2.27. The van der Waals surface area contributed by atoms with Gasteiger partial charge in [0, 0.05) is 16.8 Å². The zero-order valence-corrected chi connectivity index (χ0v) is 11.5. The molecule has 4 nitrogen and oxygen atoms in total. The maximum Gasteiger partial charge on any atom is 0.405 e. The lowest BCUT2D eigenvalue weighted by Gasteiger charge is -2.08. The third kappa shape index (κ3) is 3.84. The molecule has 1 heterocycles. The van der Waals surface area contributed by atoms with Crippen LogP contribution in [0.15, 0.2) is 24.3 Å². The highest BCUT2D eigenvalue weighted by atomic mass is 19.4. The van der Waals surface area contributed by atoms with Gasteiger partial charge in [0.25, 0.3) is 5.91 Å². The van der Waals surface area contributed by atoms with Crippen LogP contribution in [0, 0.1) is 13.8 Å². The summed E-state index contributed by atoms with van der Waals surface area (Å²) >= 11 is 0. The number of aromatic amines is 1. The minimum absolute atomic E-state index is 0.174. The lowest BCUT2D eigenvalue weighted by molar-refractivity contribution is -0.123. The largest absolute Gasteiger partial charge is 0.405 e. The van der Waals surface area contributed by atoms with E-state index in [0.29, 0.717) is 0 Å². The summed E-state index contributed by atoms with van der Waals surface area (Å²) in [5, 5.41) is 1.83. The first kappa shape index (κ1) is 15.1. The van der Waals surface area contributed by atoms with Gasteiger partial charge in [0.05, 0.1) is 5.69 Å². The number of benzene rings is 1. The van der Waals surface area contributed by atoms with Gasteiger partial charge in [0.2, 0.25) is 0 Å². The van der Waals surface area contributed by atoms with E-state index in [1.807, 2.05) is 19.2 Å². The molecule has 1 aromatic heterocycles. The molecule has 21 heavy (non-hydrogen) atoms. The molecule has 0 spiro atoms. The topological polar surface area (TPSA) is 57.8 Å². The Labute approximate surface area is 119 Å². The number of hydrogen-bond donors (Lipinski definition) is 2. The molecule has 0 unspecified atom stereocenters. The number of nitrogens with zero attached hydrogens (tertiary/aromatic N) is 1. The van der Waals surface area contributed by atoms with Crippen molar-refractivity contribution >= 4 is 5.91 Å². The zero-order valence-electron chi connectivity index (χ0n) is 11.5. The van der Waals surface area contributed by atoms with E-state index < -0.39 is 18.6 Å². The number of carbonyl (C=O) groups excluding carboxylic acids is 1. The molecule has 2 aromatic rings. The summed E-state index contributed by atoms with van der Waals surface area (Å²) in [5.41, 5.74) is 2.62. The Kier molecular flexibility index (Phi) is 4.02. The maximum absolute atomic E-state index is 12.0. The van der Waals surface area contributed by atoms with E-state index >= 15 is 0 Å². The van der Waals surface area contributed by atoms with Crippen molar-refractivity contribution in [1.82, 2.24) is 15.3 Å². The molecule has 0 radical (unpaired) electrons. The highest BCUT2D eigenvalue weighted by Crippen LogP contribution is 2.21. The van der Waals surface area contributed by atoms with E-state index in [1.54, 1.807) is 12.1 Å². The Bertz CT molecular complexity index is 644. The van der Waals surface area contributed by atoms with Crippen LogP contribution in [0.3, 0.4) is 0 Å². The average molecular weight is 297 g/mol. The number of imidazole rings is 1. The Morgan fingerprint density at radius 3 is 2.33 bits per heavy atom. The smallest absolute Gasteiger partial charge is 0.346 e. The molecule has 0 aliphatic heterocycles. The third-order valence-corrected chi connectivity index (χ3v) is 2.87. The number of halogens is 3. The van der Waals surface area contributed by atoms with Crippen LogP contribution in [0.25, 0.3) is 11.3 Å². The van der Waals surface area contributed by atoms with Crippen LogP contribution in [-0.2, 0) is 0 Å². The first-order valence-corrected chi connectivity index (χ1v) is 6.25. The SMILES string of the molecule is Cc1nc(-c2ccc(C(=O)NCC(F)(F)F)cc2)c(C)[nH]1. The van der Waals surface area contributed by atoms with Gasteiger partial charge in [-0.05, 0) is 26.0 Å². The number of nitrogens with one attached hydrogen (secondary N) is 2. The Morgan fingerprint density at radius 2 is 1.86 bits per heavy atom. The lowest BCUT2D eigenvalue weighted by atomic mass is 10.1. The van der Waals surface area contributed by atoms with Gasteiger partial charge in [0.1, 0.15) is 12.4 Å². The van der Waals surface area contributed by atoms with E-state index in [0.717, 1.165) is 22.8 Å². The molecule has 2 rings (SSSR count). The summed E-state index contributed by atoms with van der Waals surface area (Å²) in [4.78, 5) is 19.0. The summed E-state index contributed by atoms with van der Waals surface area (Å²) in [6.45, 7) is 2.36. The number of aromatic nitrogens is 2. The van der Waals surface area contributed by atoms with Crippen molar-refractivity contribution in [3.63, 3.8) is 0 Å². The summed E-state index contributed by atoms with van der Waals surface area (Å²) < 4.78 is 36.1. The summed E-state index contributed by atoms with van der Waals surface area (Å²) in [6.07, 6.45) is -4.42. The van der Waals surface area contributed by atoms with Gasteiger partial charge in [-0.25, -0.2) is 4.98 Å². The molecule has 7 heteroatoms. The lowest BCUT2D eigenvalue weighted by Crippen LogP contribution is -2.33. The van der Waals surface area contributed by atoms with Crippen molar-refractivity contribution in [2.75, 3.05) is 6.54 Å². The molecule has 1 aromatic carbocycles. The Balaban J connectivity index is 2.12. The second-order valence-electron chi connectivity index (χ2n) is 4.67. The van der Waals surface area contributed by atoms with Crippen molar-refractivity contribution in [3.05, 3.63) is 41.3 Å². The normalized spacial score (nSPS) is 11.5. The summed E-state index contributed by atoms with van der Waals surface area (Å²) in [5.74, 6) is 0.0169. The van der Waals surface area contributed by atoms with Crippen molar-refractivity contribution in [2.24, 2.45) is 0 Å². The average Bonchev–Trinajstić information content (AvgIpc) is 2.74. The fraction of sp³-hybridized carbons (Fsp3) is 0.286. The second kappa shape index (κ2) is 5.59. The van der Waals surface area contributed by atoms with E-state index in [-0.39, 0.29) is 5.56 Å². The standard InChI is InChI=1S/C14H14F3N3O/c1-8-12(20-9(2)19-8)10-3-5-11(6-4-10)13(21)18-7-14(15,16)17/h3-6H,7H2,1-2H3,(H,18,21)(H,19,20). The van der Waals surface area contributed by atoms with E-state index in [4.69, 9.17) is 0 Å². The number of carbonyl (C=O) groups is 1. The molecule has 2 N–H and O–H groups in total. The minimum atomic E-state index is -4.42. The zero-order chi connectivity index (χ0) is 15.6. The van der Waals surface area contributed by atoms with Crippen LogP contribution in [0.2, 0.25) is 0 Å². The van der Waals surface area contributed by atoms with Gasteiger partial charge < -0.3 is 10.3 Å².